The molecule has 0 spiro atoms. The van der Waals surface area contributed by atoms with Crippen molar-refractivity contribution >= 4 is 11.9 Å². The average molecular weight is 346 g/mol. The minimum absolute atomic E-state index is 0.101. The lowest BCUT2D eigenvalue weighted by Crippen LogP contribution is -2.36. The van der Waals surface area contributed by atoms with Crippen LogP contribution in [0.25, 0.3) is 5.69 Å². The van der Waals surface area contributed by atoms with Crippen LogP contribution in [0.5, 0.6) is 0 Å². The van der Waals surface area contributed by atoms with E-state index in [2.05, 4.69) is 10.3 Å². The Bertz CT molecular complexity index is 830. The van der Waals surface area contributed by atoms with E-state index in [-0.39, 0.29) is 24.1 Å². The third kappa shape index (κ3) is 2.99. The molecule has 2 heterocycles. The van der Waals surface area contributed by atoms with Gasteiger partial charge in [0.1, 0.15) is 5.82 Å². The van der Waals surface area contributed by atoms with E-state index >= 15 is 0 Å². The van der Waals surface area contributed by atoms with E-state index in [1.165, 1.54) is 27.9 Å². The number of halogens is 1. The normalized spacial score (nSPS) is 23.0. The van der Waals surface area contributed by atoms with Crippen LogP contribution in [0.3, 0.4) is 0 Å². The lowest BCUT2D eigenvalue weighted by Gasteiger charge is -2.22. The van der Waals surface area contributed by atoms with Gasteiger partial charge < -0.3 is 10.0 Å². The Labute approximate surface area is 144 Å². The van der Waals surface area contributed by atoms with Gasteiger partial charge in [-0.25, -0.2) is 9.07 Å². The number of benzene rings is 1. The van der Waals surface area contributed by atoms with Gasteiger partial charge in [-0.15, -0.1) is 5.10 Å². The molecule has 0 bridgehead atoms. The number of aromatic nitrogens is 3. The summed E-state index contributed by atoms with van der Waals surface area (Å²) in [6.45, 7) is 5.67. The standard InChI is InChI=1S/C17H19FN4O3/c1-10-4-12(18)6-13(5-10)22-8-14(19-20-22)15(23)21-7-11(2)17(3,9-21)16(24)25/h4-6,8,11H,7,9H2,1-3H3,(H,24,25)/t11-,17-/m1/s1. The van der Waals surface area contributed by atoms with Gasteiger partial charge in [-0.05, 0) is 43.5 Å². The molecule has 25 heavy (non-hydrogen) atoms. The number of carbonyl (C=O) groups is 2. The summed E-state index contributed by atoms with van der Waals surface area (Å²) in [5.41, 5.74) is 0.313. The van der Waals surface area contributed by atoms with Crippen molar-refractivity contribution in [3.63, 3.8) is 0 Å². The predicted molar refractivity (Wildman–Crippen MR) is 86.9 cm³/mol. The van der Waals surface area contributed by atoms with Gasteiger partial charge in [-0.3, -0.25) is 9.59 Å². The Morgan fingerprint density at radius 3 is 2.68 bits per heavy atom. The van der Waals surface area contributed by atoms with E-state index in [1.807, 2.05) is 6.92 Å². The van der Waals surface area contributed by atoms with Gasteiger partial charge in [0, 0.05) is 13.1 Å². The molecule has 3 rings (SSSR count). The van der Waals surface area contributed by atoms with Crippen LogP contribution in [0.4, 0.5) is 4.39 Å². The molecule has 2 aromatic rings. The quantitative estimate of drug-likeness (QED) is 0.917. The number of aryl methyl sites for hydroxylation is 1. The van der Waals surface area contributed by atoms with Crippen LogP contribution >= 0.6 is 0 Å². The smallest absolute Gasteiger partial charge is 0.311 e. The van der Waals surface area contributed by atoms with Crippen LogP contribution in [0.2, 0.25) is 0 Å². The zero-order valence-corrected chi connectivity index (χ0v) is 14.2. The molecule has 1 aliphatic rings. The molecule has 1 N–H and O–H groups in total. The summed E-state index contributed by atoms with van der Waals surface area (Å²) in [6, 6.07) is 4.42. The Kier molecular flexibility index (Phi) is 4.06. The molecule has 0 aliphatic carbocycles. The highest BCUT2D eigenvalue weighted by atomic mass is 19.1. The van der Waals surface area contributed by atoms with Gasteiger partial charge >= 0.3 is 5.97 Å². The Hall–Kier alpha value is -2.77. The van der Waals surface area contributed by atoms with Gasteiger partial charge in [-0.1, -0.05) is 12.1 Å². The molecule has 1 saturated heterocycles. The first-order valence-electron chi connectivity index (χ1n) is 7.93. The van der Waals surface area contributed by atoms with Crippen molar-refractivity contribution in [3.8, 4) is 5.69 Å². The van der Waals surface area contributed by atoms with E-state index in [0.717, 1.165) is 5.56 Å². The molecule has 8 heteroatoms. The molecule has 0 saturated carbocycles. The molecule has 1 fully saturated rings. The number of carbonyl (C=O) groups excluding carboxylic acids is 1. The highest BCUT2D eigenvalue weighted by Crippen LogP contribution is 2.36. The van der Waals surface area contributed by atoms with Gasteiger partial charge in [0.05, 0.1) is 17.3 Å². The van der Waals surface area contributed by atoms with Crippen LogP contribution in [0.15, 0.2) is 24.4 Å². The number of nitrogens with zero attached hydrogens (tertiary/aromatic N) is 4. The lowest BCUT2D eigenvalue weighted by atomic mass is 9.81. The van der Waals surface area contributed by atoms with E-state index in [1.54, 1.807) is 19.9 Å². The summed E-state index contributed by atoms with van der Waals surface area (Å²) >= 11 is 0. The second kappa shape index (κ2) is 5.94. The number of hydrogen-bond donors (Lipinski definition) is 1. The number of hydrogen-bond acceptors (Lipinski definition) is 4. The molecule has 0 unspecified atom stereocenters. The van der Waals surface area contributed by atoms with Gasteiger partial charge in [0.2, 0.25) is 0 Å². The first-order chi connectivity index (χ1) is 11.7. The Morgan fingerprint density at radius 2 is 2.08 bits per heavy atom. The van der Waals surface area contributed by atoms with Crippen molar-refractivity contribution < 1.29 is 19.1 Å². The zero-order valence-electron chi connectivity index (χ0n) is 14.2. The fourth-order valence-electron chi connectivity index (χ4n) is 3.08. The minimum Gasteiger partial charge on any atom is -0.481 e. The summed E-state index contributed by atoms with van der Waals surface area (Å²) in [5.74, 6) is -1.87. The van der Waals surface area contributed by atoms with E-state index in [9.17, 15) is 19.1 Å². The number of rotatable bonds is 3. The van der Waals surface area contributed by atoms with Crippen LogP contribution < -0.4 is 0 Å². The molecule has 1 amide bonds. The molecule has 1 aliphatic heterocycles. The highest BCUT2D eigenvalue weighted by molar-refractivity contribution is 5.93. The third-order valence-corrected chi connectivity index (χ3v) is 4.88. The van der Waals surface area contributed by atoms with Crippen molar-refractivity contribution in [1.29, 1.82) is 0 Å². The minimum atomic E-state index is -0.981. The van der Waals surface area contributed by atoms with Crippen LogP contribution in [-0.4, -0.2) is 50.0 Å². The molecule has 1 aromatic carbocycles. The highest BCUT2D eigenvalue weighted by Gasteiger charge is 2.48. The maximum absolute atomic E-state index is 13.5. The van der Waals surface area contributed by atoms with Crippen LogP contribution in [0, 0.1) is 24.1 Å². The second-order valence-electron chi connectivity index (χ2n) is 6.84. The van der Waals surface area contributed by atoms with Crippen molar-refractivity contribution in [2.24, 2.45) is 11.3 Å². The van der Waals surface area contributed by atoms with Crippen molar-refractivity contribution in [2.75, 3.05) is 13.1 Å². The molecule has 0 radical (unpaired) electrons. The predicted octanol–water partition coefficient (Wildman–Crippen LogP) is 1.90. The molecular weight excluding hydrogens is 327 g/mol. The van der Waals surface area contributed by atoms with Crippen molar-refractivity contribution in [2.45, 2.75) is 20.8 Å². The maximum atomic E-state index is 13.5. The first kappa shape index (κ1) is 17.1. The fourth-order valence-corrected chi connectivity index (χ4v) is 3.08. The Morgan fingerprint density at radius 1 is 1.36 bits per heavy atom. The van der Waals surface area contributed by atoms with Gasteiger partial charge in [0.25, 0.3) is 5.91 Å². The largest absolute Gasteiger partial charge is 0.481 e. The van der Waals surface area contributed by atoms with E-state index in [4.69, 9.17) is 0 Å². The summed E-state index contributed by atoms with van der Waals surface area (Å²) < 4.78 is 14.9. The van der Waals surface area contributed by atoms with Gasteiger partial charge in [0.15, 0.2) is 5.69 Å². The SMILES string of the molecule is Cc1cc(F)cc(-n2cc(C(=O)N3C[C@@H](C)[C@](C)(C(=O)O)C3)nn2)c1. The average Bonchev–Trinajstić information content (AvgIpc) is 3.12. The molecule has 132 valence electrons. The zero-order chi connectivity index (χ0) is 18.4. The third-order valence-electron chi connectivity index (χ3n) is 4.88. The van der Waals surface area contributed by atoms with Crippen LogP contribution in [-0.2, 0) is 4.79 Å². The molecular formula is C17H19FN4O3. The number of amides is 1. The van der Waals surface area contributed by atoms with E-state index < -0.39 is 17.2 Å². The molecule has 1 aromatic heterocycles. The summed E-state index contributed by atoms with van der Waals surface area (Å²) in [6.07, 6.45) is 1.43. The number of carboxylic acids is 1. The molecule has 2 atom stereocenters. The first-order valence-corrected chi connectivity index (χ1v) is 7.93. The lowest BCUT2D eigenvalue weighted by molar-refractivity contribution is -0.148. The molecule has 7 nitrogen and oxygen atoms in total. The summed E-state index contributed by atoms with van der Waals surface area (Å²) in [5, 5.41) is 17.2. The van der Waals surface area contributed by atoms with Crippen molar-refractivity contribution in [3.05, 3.63) is 41.5 Å². The number of carboxylic acid groups (broad SMARTS) is 1. The Balaban J connectivity index is 1.83. The fraction of sp³-hybridized carbons (Fsp3) is 0.412. The number of aliphatic carboxylic acids is 1. The number of likely N-dealkylation sites (tertiary alicyclic amines) is 1. The van der Waals surface area contributed by atoms with E-state index in [0.29, 0.717) is 12.2 Å². The van der Waals surface area contributed by atoms with Gasteiger partial charge in [-0.2, -0.15) is 0 Å². The monoisotopic (exact) mass is 346 g/mol. The summed E-state index contributed by atoms with van der Waals surface area (Å²) in [4.78, 5) is 25.6. The second-order valence-corrected chi connectivity index (χ2v) is 6.84. The topological polar surface area (TPSA) is 88.3 Å². The maximum Gasteiger partial charge on any atom is 0.311 e. The van der Waals surface area contributed by atoms with Crippen LogP contribution in [0.1, 0.15) is 29.9 Å². The van der Waals surface area contributed by atoms with Crippen molar-refractivity contribution in [1.82, 2.24) is 19.9 Å². The summed E-state index contributed by atoms with van der Waals surface area (Å²) in [7, 11) is 0.